The summed E-state index contributed by atoms with van der Waals surface area (Å²) >= 11 is 1.83. The Morgan fingerprint density at radius 3 is 2.89 bits per heavy atom. The van der Waals surface area contributed by atoms with Crippen LogP contribution in [0.5, 0.6) is 0 Å². The second-order valence-electron chi connectivity index (χ2n) is 7.44. The summed E-state index contributed by atoms with van der Waals surface area (Å²) in [4.78, 5) is 10.5. The summed E-state index contributed by atoms with van der Waals surface area (Å²) in [6.45, 7) is 8.31. The Morgan fingerprint density at radius 1 is 1.41 bits per heavy atom. The molecule has 0 saturated carbocycles. The lowest BCUT2D eigenvalue weighted by Gasteiger charge is -2.26. The fraction of sp³-hybridized carbons (Fsp3) is 0.632. The van der Waals surface area contributed by atoms with E-state index in [1.807, 2.05) is 18.4 Å². The van der Waals surface area contributed by atoms with E-state index in [0.717, 1.165) is 50.0 Å². The minimum absolute atomic E-state index is 0. The van der Waals surface area contributed by atoms with E-state index in [4.69, 9.17) is 0 Å². The molecule has 2 unspecified atom stereocenters. The van der Waals surface area contributed by atoms with Crippen LogP contribution in [0.1, 0.15) is 49.6 Å². The average molecular weight is 502 g/mol. The number of aliphatic imine (C=N–C) groups is 1. The van der Waals surface area contributed by atoms with E-state index < -0.39 is 0 Å². The van der Waals surface area contributed by atoms with Crippen molar-refractivity contribution in [3.63, 3.8) is 0 Å². The molecule has 0 fully saturated rings. The molecule has 2 aromatic rings. The highest BCUT2D eigenvalue weighted by Gasteiger charge is 2.23. The fourth-order valence-corrected chi connectivity index (χ4v) is 4.06. The van der Waals surface area contributed by atoms with Crippen LogP contribution >= 0.6 is 35.3 Å². The van der Waals surface area contributed by atoms with Crippen LogP contribution in [-0.4, -0.2) is 40.4 Å². The third-order valence-electron chi connectivity index (χ3n) is 4.70. The monoisotopic (exact) mass is 502 g/mol. The number of aryl methyl sites for hydroxylation is 1. The molecule has 0 spiro atoms. The van der Waals surface area contributed by atoms with Gasteiger partial charge in [0.1, 0.15) is 5.82 Å². The van der Waals surface area contributed by atoms with E-state index in [1.54, 1.807) is 0 Å². The van der Waals surface area contributed by atoms with Crippen molar-refractivity contribution in [2.45, 2.75) is 58.5 Å². The highest BCUT2D eigenvalue weighted by molar-refractivity contribution is 14.0. The maximum atomic E-state index is 4.66. The van der Waals surface area contributed by atoms with Gasteiger partial charge in [-0.2, -0.15) is 5.10 Å². The van der Waals surface area contributed by atoms with Crippen LogP contribution in [0.2, 0.25) is 0 Å². The summed E-state index contributed by atoms with van der Waals surface area (Å²) in [6.07, 6.45) is 3.12. The van der Waals surface area contributed by atoms with Crippen LogP contribution in [0.25, 0.3) is 0 Å². The molecule has 0 bridgehead atoms. The van der Waals surface area contributed by atoms with Gasteiger partial charge >= 0.3 is 0 Å². The molecule has 2 atom stereocenters. The third-order valence-corrected chi connectivity index (χ3v) is 5.60. The lowest BCUT2D eigenvalue weighted by atomic mass is 10.1. The van der Waals surface area contributed by atoms with Crippen molar-refractivity contribution in [1.82, 2.24) is 25.4 Å². The predicted octanol–water partition coefficient (Wildman–Crippen LogP) is 3.44. The molecule has 0 amide bonds. The van der Waals surface area contributed by atoms with E-state index in [9.17, 15) is 0 Å². The normalized spacial score (nSPS) is 18.0. The first kappa shape index (κ1) is 22.1. The molecule has 1 aliphatic heterocycles. The van der Waals surface area contributed by atoms with E-state index in [1.165, 1.54) is 4.88 Å². The van der Waals surface area contributed by atoms with Crippen molar-refractivity contribution in [2.24, 2.45) is 10.9 Å². The zero-order valence-electron chi connectivity index (χ0n) is 16.6. The molecule has 3 rings (SSSR count). The summed E-state index contributed by atoms with van der Waals surface area (Å²) in [5.74, 6) is 3.87. The largest absolute Gasteiger partial charge is 0.356 e. The standard InChI is InChI=1S/C19H30N6S.HI/c1-13(2)18-23-17-8-7-15(12-25(17)24-18)22-19(20-4)21-11-14(3)10-16-6-5-9-26-16;/h5-6,9,13-15H,7-8,10-12H2,1-4H3,(H2,20,21,22);1H. The van der Waals surface area contributed by atoms with Crippen molar-refractivity contribution < 1.29 is 0 Å². The summed E-state index contributed by atoms with van der Waals surface area (Å²) in [5.41, 5.74) is 0. The van der Waals surface area contributed by atoms with Crippen LogP contribution < -0.4 is 10.6 Å². The van der Waals surface area contributed by atoms with E-state index >= 15 is 0 Å². The molecule has 6 nitrogen and oxygen atoms in total. The van der Waals surface area contributed by atoms with Crippen molar-refractivity contribution in [1.29, 1.82) is 0 Å². The van der Waals surface area contributed by atoms with Crippen molar-refractivity contribution >= 4 is 41.3 Å². The molecule has 8 heteroatoms. The van der Waals surface area contributed by atoms with Gasteiger partial charge in [-0.15, -0.1) is 35.3 Å². The van der Waals surface area contributed by atoms with Crippen LogP contribution in [0.4, 0.5) is 0 Å². The number of thiophene rings is 1. The van der Waals surface area contributed by atoms with Gasteiger partial charge in [-0.1, -0.05) is 26.8 Å². The summed E-state index contributed by atoms with van der Waals surface area (Å²) in [6, 6.07) is 4.66. The van der Waals surface area contributed by atoms with E-state index in [2.05, 4.69) is 68.7 Å². The first-order valence-electron chi connectivity index (χ1n) is 9.48. The van der Waals surface area contributed by atoms with Gasteiger partial charge in [0.25, 0.3) is 0 Å². The molecule has 0 aliphatic carbocycles. The van der Waals surface area contributed by atoms with Gasteiger partial charge in [0.2, 0.25) is 0 Å². The van der Waals surface area contributed by atoms with Crippen LogP contribution in [0, 0.1) is 5.92 Å². The Labute approximate surface area is 183 Å². The molecule has 3 heterocycles. The van der Waals surface area contributed by atoms with E-state index in [0.29, 0.717) is 17.9 Å². The number of rotatable bonds is 6. The minimum Gasteiger partial charge on any atom is -0.356 e. The summed E-state index contributed by atoms with van der Waals surface area (Å²) in [5, 5.41) is 13.8. The van der Waals surface area contributed by atoms with Gasteiger partial charge in [-0.05, 0) is 30.2 Å². The summed E-state index contributed by atoms with van der Waals surface area (Å²) < 4.78 is 2.06. The van der Waals surface area contributed by atoms with Crippen molar-refractivity contribution in [3.05, 3.63) is 34.0 Å². The molecule has 2 aromatic heterocycles. The van der Waals surface area contributed by atoms with E-state index in [-0.39, 0.29) is 24.0 Å². The Morgan fingerprint density at radius 2 is 2.22 bits per heavy atom. The van der Waals surface area contributed by atoms with Gasteiger partial charge < -0.3 is 10.6 Å². The Kier molecular flexibility index (Phi) is 8.53. The highest BCUT2D eigenvalue weighted by atomic mass is 127. The number of halogens is 1. The Balaban J connectivity index is 0.00000261. The number of guanidine groups is 1. The summed E-state index contributed by atoms with van der Waals surface area (Å²) in [7, 11) is 1.83. The maximum Gasteiger partial charge on any atom is 0.191 e. The predicted molar refractivity (Wildman–Crippen MR) is 123 cm³/mol. The number of hydrogen-bond donors (Lipinski definition) is 2. The first-order chi connectivity index (χ1) is 12.5. The molecule has 27 heavy (non-hydrogen) atoms. The molecule has 2 N–H and O–H groups in total. The number of hydrogen-bond acceptors (Lipinski definition) is 4. The molecule has 150 valence electrons. The number of fused-ring (bicyclic) bond motifs is 1. The van der Waals surface area contributed by atoms with Crippen molar-refractivity contribution in [2.75, 3.05) is 13.6 Å². The van der Waals surface area contributed by atoms with Crippen LogP contribution in [0.3, 0.4) is 0 Å². The Hall–Kier alpha value is -1.16. The van der Waals surface area contributed by atoms with Crippen molar-refractivity contribution in [3.8, 4) is 0 Å². The molecule has 0 radical (unpaired) electrons. The lowest BCUT2D eigenvalue weighted by molar-refractivity contribution is 0.390. The quantitative estimate of drug-likeness (QED) is 0.361. The van der Waals surface area contributed by atoms with Gasteiger partial charge in [0, 0.05) is 36.9 Å². The Bertz CT molecular complexity index is 725. The van der Waals surface area contributed by atoms with Gasteiger partial charge in [0.15, 0.2) is 11.8 Å². The highest BCUT2D eigenvalue weighted by Crippen LogP contribution is 2.17. The van der Waals surface area contributed by atoms with Gasteiger partial charge in [0.05, 0.1) is 6.54 Å². The first-order valence-corrected chi connectivity index (χ1v) is 10.4. The number of nitrogens with zero attached hydrogens (tertiary/aromatic N) is 4. The SMILES string of the molecule is CN=C(NCC(C)Cc1cccs1)NC1CCc2nc(C(C)C)nn2C1.I. The third kappa shape index (κ3) is 6.17. The molecular weight excluding hydrogens is 471 g/mol. The minimum atomic E-state index is 0. The van der Waals surface area contributed by atoms with Gasteiger partial charge in [-0.3, -0.25) is 4.99 Å². The molecule has 0 saturated heterocycles. The number of aromatic nitrogens is 3. The van der Waals surface area contributed by atoms with Gasteiger partial charge in [-0.25, -0.2) is 9.67 Å². The maximum absolute atomic E-state index is 4.66. The second kappa shape index (κ2) is 10.4. The molecule has 0 aromatic carbocycles. The second-order valence-corrected chi connectivity index (χ2v) is 8.48. The fourth-order valence-electron chi connectivity index (χ4n) is 3.19. The average Bonchev–Trinajstić information content (AvgIpc) is 3.27. The topological polar surface area (TPSA) is 67.1 Å². The van der Waals surface area contributed by atoms with Crippen LogP contribution in [0.15, 0.2) is 22.5 Å². The zero-order valence-corrected chi connectivity index (χ0v) is 19.8. The smallest absolute Gasteiger partial charge is 0.191 e. The molecule has 1 aliphatic rings. The molecular formula is C19H31IN6S. The lowest BCUT2D eigenvalue weighted by Crippen LogP contribution is -2.48. The number of nitrogens with one attached hydrogen (secondary N) is 2. The zero-order chi connectivity index (χ0) is 18.5. The van der Waals surface area contributed by atoms with Crippen LogP contribution in [-0.2, 0) is 19.4 Å².